The quantitative estimate of drug-likeness (QED) is 0.383. The van der Waals surface area contributed by atoms with Gasteiger partial charge in [0.2, 0.25) is 5.91 Å². The van der Waals surface area contributed by atoms with Crippen LogP contribution in [0.3, 0.4) is 0 Å². The second-order valence-corrected chi connectivity index (χ2v) is 11.0. The van der Waals surface area contributed by atoms with Crippen molar-refractivity contribution in [2.75, 3.05) is 33.4 Å². The Kier molecular flexibility index (Phi) is 8.99. The first-order valence-electron chi connectivity index (χ1n) is 13.7. The van der Waals surface area contributed by atoms with Gasteiger partial charge >= 0.3 is 5.97 Å². The number of esters is 1. The van der Waals surface area contributed by atoms with E-state index in [-0.39, 0.29) is 18.4 Å². The van der Waals surface area contributed by atoms with Gasteiger partial charge in [0.05, 0.1) is 50.2 Å². The maximum absolute atomic E-state index is 13.5. The second kappa shape index (κ2) is 12.8. The molecule has 0 radical (unpaired) electrons. The minimum Gasteiger partial charge on any atom is -0.493 e. The van der Waals surface area contributed by atoms with Gasteiger partial charge in [-0.15, -0.1) is 0 Å². The molecular formula is C31H35N3O6S. The average Bonchev–Trinajstić information content (AvgIpc) is 3.37. The number of rotatable bonds is 9. The van der Waals surface area contributed by atoms with Crippen molar-refractivity contribution in [3.63, 3.8) is 0 Å². The van der Waals surface area contributed by atoms with E-state index in [2.05, 4.69) is 0 Å². The molecule has 1 atom stereocenters. The molecule has 0 saturated carbocycles. The third-order valence-electron chi connectivity index (χ3n) is 7.00. The van der Waals surface area contributed by atoms with Gasteiger partial charge in [0.25, 0.3) is 0 Å². The topological polar surface area (TPSA) is 89.9 Å². The van der Waals surface area contributed by atoms with Crippen LogP contribution in [0.2, 0.25) is 0 Å². The Labute approximate surface area is 244 Å². The van der Waals surface area contributed by atoms with E-state index in [1.54, 1.807) is 7.11 Å². The zero-order valence-electron chi connectivity index (χ0n) is 23.8. The fourth-order valence-corrected chi connectivity index (χ4v) is 5.98. The first-order chi connectivity index (χ1) is 19.9. The third-order valence-corrected chi connectivity index (χ3v) is 7.89. The molecule has 0 aliphatic carbocycles. The van der Waals surface area contributed by atoms with Crippen LogP contribution in [0.1, 0.15) is 44.4 Å². The molecule has 1 saturated heterocycles. The number of methoxy groups -OCH3 is 1. The highest BCUT2D eigenvalue weighted by molar-refractivity contribution is 8.16. The lowest BCUT2D eigenvalue weighted by atomic mass is 9.93. The number of carbonyl (C=O) groups excluding carboxylic acids is 2. The van der Waals surface area contributed by atoms with Gasteiger partial charge in [0.15, 0.2) is 16.7 Å². The molecule has 10 heteroatoms. The Hall–Kier alpha value is -3.76. The molecule has 1 amide bonds. The average molecular weight is 578 g/mol. The number of nitrogens with zero attached hydrogens (tertiary/aromatic N) is 3. The van der Waals surface area contributed by atoms with Gasteiger partial charge in [-0.2, -0.15) is 0 Å². The van der Waals surface area contributed by atoms with Crippen LogP contribution in [0.25, 0.3) is 0 Å². The van der Waals surface area contributed by atoms with Gasteiger partial charge in [0, 0.05) is 18.8 Å². The minimum absolute atomic E-state index is 0.0139. The van der Waals surface area contributed by atoms with Crippen molar-refractivity contribution in [2.45, 2.75) is 45.9 Å². The number of allylic oxidation sites excluding steroid dienone is 1. The molecule has 3 aliphatic rings. The van der Waals surface area contributed by atoms with E-state index in [9.17, 15) is 9.59 Å². The second-order valence-electron chi connectivity index (χ2n) is 10.2. The van der Waals surface area contributed by atoms with Crippen LogP contribution in [0.5, 0.6) is 11.5 Å². The monoisotopic (exact) mass is 577 g/mol. The number of hydrogen-bond donors (Lipinski definition) is 0. The van der Waals surface area contributed by atoms with E-state index in [1.165, 1.54) is 11.8 Å². The van der Waals surface area contributed by atoms with Crippen LogP contribution >= 0.6 is 11.8 Å². The van der Waals surface area contributed by atoms with Crippen molar-refractivity contribution < 1.29 is 28.5 Å². The summed E-state index contributed by atoms with van der Waals surface area (Å²) in [5, 5.41) is 2.66. The summed E-state index contributed by atoms with van der Waals surface area (Å²) < 4.78 is 22.9. The van der Waals surface area contributed by atoms with E-state index >= 15 is 0 Å². The highest BCUT2D eigenvalue weighted by atomic mass is 32.2. The van der Waals surface area contributed by atoms with Crippen molar-refractivity contribution in [3.05, 3.63) is 82.0 Å². The standard InChI is InChI=1S/C31H35N3O6S/c1-20(2)40-30(36)28-21(3)32-31-34(24(19-41-31)17-27(35)33-12-14-38-15-13-33)29(28)23-10-11-25(26(16-23)37-4)39-18-22-8-6-5-7-9-22/h5-11,16,19-20,29H,12-15,17-18H2,1-4H3/t29-/m1/s1. The molecule has 2 aromatic carbocycles. The fourth-order valence-electron chi connectivity index (χ4n) is 5.01. The number of amidine groups is 1. The fraction of sp³-hybridized carbons (Fsp3) is 0.387. The molecule has 1 fully saturated rings. The Morgan fingerprint density at radius 2 is 1.85 bits per heavy atom. The number of carbonyl (C=O) groups is 2. The van der Waals surface area contributed by atoms with Gasteiger partial charge in [-0.05, 0) is 49.4 Å². The summed E-state index contributed by atoms with van der Waals surface area (Å²) in [6, 6.07) is 15.0. The lowest BCUT2D eigenvalue weighted by Gasteiger charge is -2.37. The highest BCUT2D eigenvalue weighted by Crippen LogP contribution is 2.46. The lowest BCUT2D eigenvalue weighted by Crippen LogP contribution is -2.42. The van der Waals surface area contributed by atoms with Crippen molar-refractivity contribution in [1.82, 2.24) is 9.80 Å². The van der Waals surface area contributed by atoms with Gasteiger partial charge in [-0.25, -0.2) is 9.79 Å². The van der Waals surface area contributed by atoms with Crippen molar-refractivity contribution in [3.8, 4) is 11.5 Å². The molecule has 0 unspecified atom stereocenters. The maximum Gasteiger partial charge on any atom is 0.338 e. The van der Waals surface area contributed by atoms with Gasteiger partial charge in [-0.3, -0.25) is 4.79 Å². The Balaban J connectivity index is 1.48. The molecule has 5 rings (SSSR count). The lowest BCUT2D eigenvalue weighted by molar-refractivity contribution is -0.143. The number of thioether (sulfide) groups is 1. The van der Waals surface area contributed by atoms with Crippen molar-refractivity contribution in [2.24, 2.45) is 4.99 Å². The summed E-state index contributed by atoms with van der Waals surface area (Å²) in [6.45, 7) is 8.04. The largest absolute Gasteiger partial charge is 0.493 e. The van der Waals surface area contributed by atoms with Crippen LogP contribution in [-0.4, -0.2) is 66.4 Å². The summed E-state index contributed by atoms with van der Waals surface area (Å²) in [7, 11) is 1.59. The molecule has 0 spiro atoms. The Morgan fingerprint density at radius 3 is 2.56 bits per heavy atom. The molecule has 0 aromatic heterocycles. The predicted molar refractivity (Wildman–Crippen MR) is 157 cm³/mol. The van der Waals surface area contributed by atoms with Crippen LogP contribution in [-0.2, 0) is 25.7 Å². The normalized spacial score (nSPS) is 18.6. The molecule has 41 heavy (non-hydrogen) atoms. The maximum atomic E-state index is 13.5. The molecule has 0 bridgehead atoms. The first-order valence-corrected chi connectivity index (χ1v) is 14.6. The first kappa shape index (κ1) is 28.8. The zero-order valence-corrected chi connectivity index (χ0v) is 24.6. The van der Waals surface area contributed by atoms with Crippen molar-refractivity contribution in [1.29, 1.82) is 0 Å². The van der Waals surface area contributed by atoms with Crippen LogP contribution in [0.15, 0.2) is 75.9 Å². The molecule has 9 nitrogen and oxygen atoms in total. The number of benzene rings is 2. The van der Waals surface area contributed by atoms with E-state index < -0.39 is 12.0 Å². The van der Waals surface area contributed by atoms with Gasteiger partial charge in [0.1, 0.15) is 6.61 Å². The van der Waals surface area contributed by atoms with Gasteiger partial charge in [-0.1, -0.05) is 48.2 Å². The number of morpholine rings is 1. The molecule has 2 aromatic rings. The summed E-state index contributed by atoms with van der Waals surface area (Å²) in [5.74, 6) is 0.703. The number of amides is 1. The molecule has 216 valence electrons. The zero-order chi connectivity index (χ0) is 28.9. The van der Waals surface area contributed by atoms with Crippen LogP contribution in [0, 0.1) is 0 Å². The smallest absolute Gasteiger partial charge is 0.338 e. The van der Waals surface area contributed by atoms with E-state index in [0.717, 1.165) is 16.8 Å². The van der Waals surface area contributed by atoms with Crippen molar-refractivity contribution >= 4 is 28.8 Å². The number of fused-ring (bicyclic) bond motifs is 1. The molecule has 0 N–H and O–H groups in total. The predicted octanol–water partition coefficient (Wildman–Crippen LogP) is 5.05. The van der Waals surface area contributed by atoms with Crippen LogP contribution < -0.4 is 9.47 Å². The summed E-state index contributed by atoms with van der Waals surface area (Å²) >= 11 is 1.45. The van der Waals surface area contributed by atoms with Gasteiger partial charge < -0.3 is 28.7 Å². The minimum atomic E-state index is -0.565. The SMILES string of the molecule is COc1cc([C@@H]2C(C(=O)OC(C)C)=C(C)N=C3SC=C(CC(=O)N4CCOCC4)N32)ccc1OCc1ccccc1. The van der Waals surface area contributed by atoms with E-state index in [4.69, 9.17) is 23.9 Å². The summed E-state index contributed by atoms with van der Waals surface area (Å²) in [4.78, 5) is 35.3. The number of ether oxygens (including phenoxy) is 4. The number of aliphatic imine (C=N–C) groups is 1. The summed E-state index contributed by atoms with van der Waals surface area (Å²) in [6.07, 6.45) is -0.119. The Bertz CT molecular complexity index is 1380. The molecular weight excluding hydrogens is 542 g/mol. The molecule has 3 aliphatic heterocycles. The van der Waals surface area contributed by atoms with E-state index in [1.807, 2.05) is 84.5 Å². The van der Waals surface area contributed by atoms with Crippen LogP contribution in [0.4, 0.5) is 0 Å². The number of hydrogen-bond acceptors (Lipinski definition) is 9. The Morgan fingerprint density at radius 1 is 1.10 bits per heavy atom. The summed E-state index contributed by atoms with van der Waals surface area (Å²) in [5.41, 5.74) is 3.62. The molecule has 3 heterocycles. The highest BCUT2D eigenvalue weighted by Gasteiger charge is 2.42. The van der Waals surface area contributed by atoms with E-state index in [0.29, 0.717) is 60.8 Å². The third kappa shape index (κ3) is 6.44.